The Kier molecular flexibility index (Phi) is 3.96. The summed E-state index contributed by atoms with van der Waals surface area (Å²) in [6.07, 6.45) is 3.28. The van der Waals surface area contributed by atoms with Crippen LogP contribution in [0.15, 0.2) is 33.9 Å². The Morgan fingerprint density at radius 3 is 2.94 bits per heavy atom. The van der Waals surface area contributed by atoms with E-state index in [1.54, 1.807) is 16.8 Å². The third-order valence-corrected chi connectivity index (χ3v) is 3.12. The van der Waals surface area contributed by atoms with E-state index in [1.807, 2.05) is 10.7 Å². The van der Waals surface area contributed by atoms with Crippen LogP contribution >= 0.6 is 15.9 Å². The predicted molar refractivity (Wildman–Crippen MR) is 72.4 cm³/mol. The van der Waals surface area contributed by atoms with Crippen molar-refractivity contribution in [1.29, 1.82) is 0 Å². The van der Waals surface area contributed by atoms with Crippen LogP contribution in [0.4, 0.5) is 0 Å². The number of hydrogen-bond donors (Lipinski definition) is 0. The van der Waals surface area contributed by atoms with E-state index >= 15 is 0 Å². The Labute approximate surface area is 114 Å². The summed E-state index contributed by atoms with van der Waals surface area (Å²) in [4.78, 5) is 16.1. The Bertz CT molecular complexity index is 588. The van der Waals surface area contributed by atoms with Gasteiger partial charge in [0, 0.05) is 12.7 Å². The minimum Gasteiger partial charge on any atom is -0.307 e. The molecule has 0 aliphatic heterocycles. The molecular formula is C12H15BrN4O. The summed E-state index contributed by atoms with van der Waals surface area (Å²) in [5.41, 5.74) is -0.0587. The van der Waals surface area contributed by atoms with Gasteiger partial charge in [0.25, 0.3) is 5.56 Å². The molecule has 2 aromatic heterocycles. The van der Waals surface area contributed by atoms with Gasteiger partial charge in [0.1, 0.15) is 12.2 Å². The second-order valence-electron chi connectivity index (χ2n) is 4.54. The van der Waals surface area contributed by atoms with Gasteiger partial charge in [0.2, 0.25) is 0 Å². The van der Waals surface area contributed by atoms with E-state index in [1.165, 1.54) is 6.33 Å². The molecule has 0 N–H and O–H groups in total. The predicted octanol–water partition coefficient (Wildman–Crippen LogP) is 1.91. The third-order valence-electron chi connectivity index (χ3n) is 2.52. The SMILES string of the molecule is CC(C)Cn1ncnc1Cn1cccc(Br)c1=O. The number of hydrogen-bond acceptors (Lipinski definition) is 3. The molecular weight excluding hydrogens is 296 g/mol. The van der Waals surface area contributed by atoms with Gasteiger partial charge in [-0.15, -0.1) is 0 Å². The van der Waals surface area contributed by atoms with E-state index in [9.17, 15) is 4.79 Å². The minimum atomic E-state index is -0.0587. The minimum absolute atomic E-state index is 0.0587. The zero-order chi connectivity index (χ0) is 13.1. The van der Waals surface area contributed by atoms with Crippen molar-refractivity contribution in [3.8, 4) is 0 Å². The van der Waals surface area contributed by atoms with Gasteiger partial charge >= 0.3 is 0 Å². The molecule has 6 heteroatoms. The smallest absolute Gasteiger partial charge is 0.265 e. The average Bonchev–Trinajstić information content (AvgIpc) is 2.72. The second kappa shape index (κ2) is 5.48. The van der Waals surface area contributed by atoms with Gasteiger partial charge in [-0.2, -0.15) is 5.10 Å². The second-order valence-corrected chi connectivity index (χ2v) is 5.40. The molecule has 2 aromatic rings. The molecule has 5 nitrogen and oxygen atoms in total. The lowest BCUT2D eigenvalue weighted by Crippen LogP contribution is -2.23. The van der Waals surface area contributed by atoms with Gasteiger partial charge < -0.3 is 4.57 Å². The molecule has 0 saturated heterocycles. The molecule has 0 aliphatic carbocycles. The van der Waals surface area contributed by atoms with Gasteiger partial charge in [-0.3, -0.25) is 4.79 Å². The molecule has 96 valence electrons. The normalized spacial score (nSPS) is 11.1. The van der Waals surface area contributed by atoms with Gasteiger partial charge in [-0.25, -0.2) is 9.67 Å². The van der Waals surface area contributed by atoms with Crippen LogP contribution in [0.25, 0.3) is 0 Å². The van der Waals surface area contributed by atoms with E-state index in [0.29, 0.717) is 16.9 Å². The van der Waals surface area contributed by atoms with E-state index in [0.717, 1.165) is 12.4 Å². The van der Waals surface area contributed by atoms with Crippen LogP contribution in [-0.2, 0) is 13.1 Å². The maximum Gasteiger partial charge on any atom is 0.265 e. The fraction of sp³-hybridized carbons (Fsp3) is 0.417. The van der Waals surface area contributed by atoms with Crippen molar-refractivity contribution in [2.24, 2.45) is 5.92 Å². The van der Waals surface area contributed by atoms with Crippen LogP contribution in [0.1, 0.15) is 19.7 Å². The van der Waals surface area contributed by atoms with Crippen molar-refractivity contribution in [2.45, 2.75) is 26.9 Å². The Morgan fingerprint density at radius 1 is 1.44 bits per heavy atom. The fourth-order valence-corrected chi connectivity index (χ4v) is 2.07. The van der Waals surface area contributed by atoms with Crippen molar-refractivity contribution >= 4 is 15.9 Å². The van der Waals surface area contributed by atoms with Crippen LogP contribution in [0.3, 0.4) is 0 Å². The number of nitrogens with zero attached hydrogens (tertiary/aromatic N) is 4. The first-order chi connectivity index (χ1) is 8.58. The van der Waals surface area contributed by atoms with Gasteiger partial charge in [0.05, 0.1) is 11.0 Å². The van der Waals surface area contributed by atoms with E-state index in [-0.39, 0.29) is 5.56 Å². The first-order valence-corrected chi connectivity index (χ1v) is 6.59. The van der Waals surface area contributed by atoms with E-state index in [2.05, 4.69) is 39.9 Å². The Hall–Kier alpha value is -1.43. The largest absolute Gasteiger partial charge is 0.307 e. The summed E-state index contributed by atoms with van der Waals surface area (Å²) < 4.78 is 4.02. The molecule has 0 unspecified atom stereocenters. The van der Waals surface area contributed by atoms with Gasteiger partial charge in [-0.05, 0) is 34.0 Å². The lowest BCUT2D eigenvalue weighted by atomic mass is 10.2. The summed E-state index contributed by atoms with van der Waals surface area (Å²) >= 11 is 3.23. The van der Waals surface area contributed by atoms with Crippen LogP contribution in [0.5, 0.6) is 0 Å². The van der Waals surface area contributed by atoms with Crippen LogP contribution in [0, 0.1) is 5.92 Å². The van der Waals surface area contributed by atoms with Crippen molar-refractivity contribution < 1.29 is 0 Å². The zero-order valence-corrected chi connectivity index (χ0v) is 12.0. The fourth-order valence-electron chi connectivity index (χ4n) is 1.69. The number of rotatable bonds is 4. The van der Waals surface area contributed by atoms with Crippen LogP contribution in [0.2, 0.25) is 0 Å². The molecule has 0 amide bonds. The standard InChI is InChI=1S/C12H15BrN4O/c1-9(2)6-17-11(14-8-15-17)7-16-5-3-4-10(13)12(16)18/h3-5,8-9H,6-7H2,1-2H3. The first-order valence-electron chi connectivity index (χ1n) is 5.79. The molecule has 0 aliphatic rings. The Morgan fingerprint density at radius 2 is 2.22 bits per heavy atom. The molecule has 0 aromatic carbocycles. The van der Waals surface area contributed by atoms with Crippen molar-refractivity contribution in [3.05, 3.63) is 45.3 Å². The summed E-state index contributed by atoms with van der Waals surface area (Å²) in [5, 5.41) is 4.18. The summed E-state index contributed by atoms with van der Waals surface area (Å²) in [7, 11) is 0. The molecule has 0 saturated carbocycles. The maximum absolute atomic E-state index is 11.9. The molecule has 2 rings (SSSR count). The molecule has 0 spiro atoms. The van der Waals surface area contributed by atoms with Crippen LogP contribution < -0.4 is 5.56 Å². The summed E-state index contributed by atoms with van der Waals surface area (Å²) in [5.74, 6) is 1.29. The Balaban J connectivity index is 2.26. The molecule has 0 radical (unpaired) electrons. The summed E-state index contributed by atoms with van der Waals surface area (Å²) in [6.45, 7) is 5.48. The highest BCUT2D eigenvalue weighted by Gasteiger charge is 2.08. The first kappa shape index (κ1) is 13.0. The van der Waals surface area contributed by atoms with Crippen LogP contribution in [-0.4, -0.2) is 19.3 Å². The number of halogens is 1. The molecule has 18 heavy (non-hydrogen) atoms. The number of pyridine rings is 1. The maximum atomic E-state index is 11.9. The quantitative estimate of drug-likeness (QED) is 0.867. The average molecular weight is 311 g/mol. The lowest BCUT2D eigenvalue weighted by Gasteiger charge is -2.09. The monoisotopic (exact) mass is 310 g/mol. The molecule has 2 heterocycles. The highest BCUT2D eigenvalue weighted by atomic mass is 79.9. The van der Waals surface area contributed by atoms with E-state index < -0.39 is 0 Å². The third kappa shape index (κ3) is 2.87. The van der Waals surface area contributed by atoms with Crippen molar-refractivity contribution in [3.63, 3.8) is 0 Å². The summed E-state index contributed by atoms with van der Waals surface area (Å²) in [6, 6.07) is 3.56. The van der Waals surface area contributed by atoms with Gasteiger partial charge in [0.15, 0.2) is 0 Å². The number of aromatic nitrogens is 4. The van der Waals surface area contributed by atoms with Crippen molar-refractivity contribution in [1.82, 2.24) is 19.3 Å². The lowest BCUT2D eigenvalue weighted by molar-refractivity contribution is 0.459. The zero-order valence-electron chi connectivity index (χ0n) is 10.4. The van der Waals surface area contributed by atoms with Crippen molar-refractivity contribution in [2.75, 3.05) is 0 Å². The molecule has 0 fully saturated rings. The topological polar surface area (TPSA) is 52.7 Å². The highest BCUT2D eigenvalue weighted by Crippen LogP contribution is 2.05. The molecule has 0 atom stereocenters. The van der Waals surface area contributed by atoms with Gasteiger partial charge in [-0.1, -0.05) is 13.8 Å². The highest BCUT2D eigenvalue weighted by molar-refractivity contribution is 9.10. The molecule has 0 bridgehead atoms. The van der Waals surface area contributed by atoms with E-state index in [4.69, 9.17) is 0 Å².